The Balaban J connectivity index is 1.74. The Labute approximate surface area is 165 Å². The summed E-state index contributed by atoms with van der Waals surface area (Å²) in [6.45, 7) is 3.61. The summed E-state index contributed by atoms with van der Waals surface area (Å²) in [4.78, 5) is 27.2. The van der Waals surface area contributed by atoms with Crippen LogP contribution in [0.1, 0.15) is 18.9 Å². The van der Waals surface area contributed by atoms with Gasteiger partial charge in [0.25, 0.3) is 5.91 Å². The number of thioether (sulfide) groups is 1. The highest BCUT2D eigenvalue weighted by Crippen LogP contribution is 2.19. The van der Waals surface area contributed by atoms with Gasteiger partial charge in [0.2, 0.25) is 0 Å². The van der Waals surface area contributed by atoms with Crippen LogP contribution in [0.4, 0.5) is 11.4 Å². The number of esters is 1. The minimum atomic E-state index is -0.838. The molecule has 0 spiro atoms. The van der Waals surface area contributed by atoms with E-state index >= 15 is 0 Å². The number of carbonyl (C=O) groups is 2. The van der Waals surface area contributed by atoms with Gasteiger partial charge in [-0.1, -0.05) is 17.7 Å². The van der Waals surface area contributed by atoms with Crippen molar-refractivity contribution in [3.05, 3.63) is 54.1 Å². The van der Waals surface area contributed by atoms with Crippen LogP contribution in [0.25, 0.3) is 0 Å². The fourth-order valence-corrected chi connectivity index (χ4v) is 3.12. The summed E-state index contributed by atoms with van der Waals surface area (Å²) in [5, 5.41) is 2.76. The first-order valence-electron chi connectivity index (χ1n) is 8.82. The van der Waals surface area contributed by atoms with E-state index in [1.807, 2.05) is 74.4 Å². The number of nitrogens with one attached hydrogen (secondary N) is 1. The van der Waals surface area contributed by atoms with Crippen molar-refractivity contribution >= 4 is 35.0 Å². The van der Waals surface area contributed by atoms with Gasteiger partial charge in [-0.05, 0) is 50.2 Å². The molecule has 0 fully saturated rings. The first-order chi connectivity index (χ1) is 12.8. The van der Waals surface area contributed by atoms with Crippen molar-refractivity contribution < 1.29 is 14.3 Å². The molecule has 0 unspecified atom stereocenters. The van der Waals surface area contributed by atoms with Crippen molar-refractivity contribution in [1.29, 1.82) is 0 Å². The summed E-state index contributed by atoms with van der Waals surface area (Å²) in [7, 11) is 3.90. The Hall–Kier alpha value is -2.47. The predicted octanol–water partition coefficient (Wildman–Crippen LogP) is 4.11. The van der Waals surface area contributed by atoms with E-state index in [4.69, 9.17) is 4.74 Å². The predicted molar refractivity (Wildman–Crippen MR) is 111 cm³/mol. The number of amides is 1. The third-order valence-corrected chi connectivity index (χ3v) is 4.94. The van der Waals surface area contributed by atoms with E-state index in [0.29, 0.717) is 11.4 Å². The van der Waals surface area contributed by atoms with Gasteiger partial charge in [0.05, 0.1) is 6.42 Å². The number of ether oxygens (including phenoxy) is 1. The van der Waals surface area contributed by atoms with Gasteiger partial charge in [-0.25, -0.2) is 0 Å². The van der Waals surface area contributed by atoms with Gasteiger partial charge in [0.15, 0.2) is 6.10 Å². The minimum Gasteiger partial charge on any atom is -0.453 e. The highest BCUT2D eigenvalue weighted by atomic mass is 32.2. The number of benzene rings is 2. The molecule has 0 bridgehead atoms. The van der Waals surface area contributed by atoms with E-state index in [9.17, 15) is 9.59 Å². The normalized spacial score (nSPS) is 11.6. The lowest BCUT2D eigenvalue weighted by molar-refractivity contribution is -0.152. The van der Waals surface area contributed by atoms with Crippen LogP contribution in [0.2, 0.25) is 0 Å². The molecule has 0 heterocycles. The molecule has 1 atom stereocenters. The van der Waals surface area contributed by atoms with Crippen LogP contribution in [-0.4, -0.2) is 37.8 Å². The molecule has 2 aromatic rings. The molecule has 144 valence electrons. The van der Waals surface area contributed by atoms with Crippen molar-refractivity contribution in [2.75, 3.05) is 30.1 Å². The molecule has 0 aromatic heterocycles. The molecule has 1 amide bonds. The van der Waals surface area contributed by atoms with Gasteiger partial charge in [-0.3, -0.25) is 9.59 Å². The zero-order valence-corrected chi connectivity index (χ0v) is 17.0. The summed E-state index contributed by atoms with van der Waals surface area (Å²) in [5.74, 6) is -0.102. The summed E-state index contributed by atoms with van der Waals surface area (Å²) < 4.78 is 5.23. The second-order valence-electron chi connectivity index (χ2n) is 6.47. The summed E-state index contributed by atoms with van der Waals surface area (Å²) >= 11 is 1.59. The first kappa shape index (κ1) is 20.8. The van der Waals surface area contributed by atoms with Gasteiger partial charge >= 0.3 is 5.97 Å². The average Bonchev–Trinajstić information content (AvgIpc) is 2.63. The lowest BCUT2D eigenvalue weighted by atomic mass is 10.2. The molecule has 0 aliphatic rings. The monoisotopic (exact) mass is 386 g/mol. The zero-order valence-electron chi connectivity index (χ0n) is 16.2. The first-order valence-corrected chi connectivity index (χ1v) is 9.81. The number of nitrogens with zero attached hydrogens (tertiary/aromatic N) is 1. The Morgan fingerprint density at radius 2 is 1.70 bits per heavy atom. The van der Waals surface area contributed by atoms with Crippen LogP contribution >= 0.6 is 11.8 Å². The molecule has 1 N–H and O–H groups in total. The molecular weight excluding hydrogens is 360 g/mol. The topological polar surface area (TPSA) is 58.6 Å². The maximum absolute atomic E-state index is 12.2. The fraction of sp³-hybridized carbons (Fsp3) is 0.333. The van der Waals surface area contributed by atoms with Crippen LogP contribution in [0.15, 0.2) is 53.4 Å². The van der Waals surface area contributed by atoms with Crippen molar-refractivity contribution in [2.45, 2.75) is 31.3 Å². The second kappa shape index (κ2) is 10.0. The molecule has 2 aromatic carbocycles. The number of hydrogen-bond donors (Lipinski definition) is 1. The molecule has 0 aliphatic carbocycles. The summed E-state index contributed by atoms with van der Waals surface area (Å²) in [6, 6.07) is 15.6. The van der Waals surface area contributed by atoms with Crippen LogP contribution in [0.5, 0.6) is 0 Å². The van der Waals surface area contributed by atoms with Crippen LogP contribution < -0.4 is 10.2 Å². The number of hydrogen-bond acceptors (Lipinski definition) is 5. The Kier molecular flexibility index (Phi) is 7.73. The number of anilines is 2. The van der Waals surface area contributed by atoms with Crippen molar-refractivity contribution in [1.82, 2.24) is 0 Å². The standard InChI is InChI=1S/C21H26N2O3S/c1-15-5-11-19(12-6-15)27-14-13-20(24)26-16(2)21(25)22-17-7-9-18(10-8-17)23(3)4/h5-12,16H,13-14H2,1-4H3,(H,22,25)/t16-/m1/s1. The van der Waals surface area contributed by atoms with Gasteiger partial charge in [0.1, 0.15) is 0 Å². The molecule has 27 heavy (non-hydrogen) atoms. The SMILES string of the molecule is Cc1ccc(SCCC(=O)O[C@H](C)C(=O)Nc2ccc(N(C)C)cc2)cc1. The Bertz CT molecular complexity index is 758. The van der Waals surface area contributed by atoms with E-state index in [1.165, 1.54) is 5.56 Å². The van der Waals surface area contributed by atoms with E-state index in [-0.39, 0.29) is 18.3 Å². The van der Waals surface area contributed by atoms with Gasteiger partial charge in [-0.2, -0.15) is 0 Å². The molecule has 0 aliphatic heterocycles. The van der Waals surface area contributed by atoms with Gasteiger partial charge in [0, 0.05) is 36.1 Å². The summed E-state index contributed by atoms with van der Waals surface area (Å²) in [5.41, 5.74) is 2.91. The van der Waals surface area contributed by atoms with Gasteiger partial charge in [-0.15, -0.1) is 11.8 Å². The third-order valence-electron chi connectivity index (χ3n) is 3.92. The molecule has 0 radical (unpaired) electrons. The highest BCUT2D eigenvalue weighted by Gasteiger charge is 2.17. The number of aryl methyl sites for hydroxylation is 1. The third kappa shape index (κ3) is 6.98. The quantitative estimate of drug-likeness (QED) is 0.546. The van der Waals surface area contributed by atoms with Crippen molar-refractivity contribution in [2.24, 2.45) is 0 Å². The van der Waals surface area contributed by atoms with Crippen LogP contribution in [0.3, 0.4) is 0 Å². The fourth-order valence-electron chi connectivity index (χ4n) is 2.28. The average molecular weight is 387 g/mol. The molecular formula is C21H26N2O3S. The van der Waals surface area contributed by atoms with E-state index in [1.54, 1.807) is 18.7 Å². The lowest BCUT2D eigenvalue weighted by Crippen LogP contribution is -2.30. The smallest absolute Gasteiger partial charge is 0.307 e. The molecule has 0 saturated heterocycles. The summed E-state index contributed by atoms with van der Waals surface area (Å²) in [6.07, 6.45) is -0.580. The van der Waals surface area contributed by atoms with E-state index < -0.39 is 6.10 Å². The van der Waals surface area contributed by atoms with Crippen LogP contribution in [-0.2, 0) is 14.3 Å². The van der Waals surface area contributed by atoms with Crippen molar-refractivity contribution in [3.8, 4) is 0 Å². The molecule has 2 rings (SSSR count). The molecule has 5 nitrogen and oxygen atoms in total. The van der Waals surface area contributed by atoms with Crippen molar-refractivity contribution in [3.63, 3.8) is 0 Å². The number of rotatable bonds is 8. The minimum absolute atomic E-state index is 0.258. The van der Waals surface area contributed by atoms with Gasteiger partial charge < -0.3 is 15.0 Å². The number of carbonyl (C=O) groups excluding carboxylic acids is 2. The highest BCUT2D eigenvalue weighted by molar-refractivity contribution is 7.99. The van der Waals surface area contributed by atoms with Crippen LogP contribution in [0, 0.1) is 6.92 Å². The zero-order chi connectivity index (χ0) is 19.8. The van der Waals surface area contributed by atoms with E-state index in [0.717, 1.165) is 10.6 Å². The Morgan fingerprint density at radius 1 is 1.07 bits per heavy atom. The lowest BCUT2D eigenvalue weighted by Gasteiger charge is -2.15. The van der Waals surface area contributed by atoms with E-state index in [2.05, 4.69) is 5.32 Å². The maximum atomic E-state index is 12.2. The molecule has 0 saturated carbocycles. The second-order valence-corrected chi connectivity index (χ2v) is 7.64. The largest absolute Gasteiger partial charge is 0.453 e. The maximum Gasteiger partial charge on any atom is 0.307 e. The molecule has 6 heteroatoms. The Morgan fingerprint density at radius 3 is 2.30 bits per heavy atom.